The van der Waals surface area contributed by atoms with Crippen LogP contribution in [0.3, 0.4) is 0 Å². The van der Waals surface area contributed by atoms with E-state index in [4.69, 9.17) is 4.74 Å². The first-order valence-electron chi connectivity index (χ1n) is 10.5. The molecule has 0 fully saturated rings. The number of hydrogen-bond donors (Lipinski definition) is 0. The number of rotatable bonds is 2. The topological polar surface area (TPSA) is 55.6 Å². The molecule has 0 amide bonds. The molecule has 0 aromatic heterocycles. The molecule has 152 valence electrons. The zero-order valence-corrected chi connectivity index (χ0v) is 16.8. The van der Waals surface area contributed by atoms with Crippen molar-refractivity contribution >= 4 is 16.5 Å². The molecule has 2 atom stereocenters. The van der Waals surface area contributed by atoms with Gasteiger partial charge in [-0.2, -0.15) is 0 Å². The average molecular weight is 408 g/mol. The molecular weight excluding hydrogens is 388 g/mol. The summed E-state index contributed by atoms with van der Waals surface area (Å²) in [5, 5.41) is 13.4. The minimum atomic E-state index is -0.367. The molecule has 0 bridgehead atoms. The number of fused-ring (bicyclic) bond motifs is 7. The van der Waals surface area contributed by atoms with Crippen molar-refractivity contribution < 1.29 is 9.66 Å². The molecule has 0 saturated carbocycles. The van der Waals surface area contributed by atoms with Crippen LogP contribution in [0.5, 0.6) is 5.75 Å². The lowest BCUT2D eigenvalue weighted by Gasteiger charge is -2.46. The van der Waals surface area contributed by atoms with Gasteiger partial charge in [0.15, 0.2) is 6.23 Å². The first kappa shape index (κ1) is 18.1. The van der Waals surface area contributed by atoms with E-state index in [1.165, 1.54) is 16.7 Å². The van der Waals surface area contributed by atoms with Crippen LogP contribution in [0.4, 0.5) is 5.69 Å². The quantitative estimate of drug-likeness (QED) is 0.311. The van der Waals surface area contributed by atoms with Gasteiger partial charge in [0.25, 0.3) is 5.69 Å². The van der Waals surface area contributed by atoms with Crippen molar-refractivity contribution in [3.05, 3.63) is 117 Å². The van der Waals surface area contributed by atoms with Gasteiger partial charge in [0.2, 0.25) is 0 Å². The maximum absolute atomic E-state index is 11.1. The van der Waals surface area contributed by atoms with E-state index >= 15 is 0 Å². The normalized spacial score (nSPS) is 19.7. The van der Waals surface area contributed by atoms with E-state index in [2.05, 4.69) is 53.4 Å². The van der Waals surface area contributed by atoms with Crippen LogP contribution >= 0.6 is 0 Å². The zero-order valence-electron chi connectivity index (χ0n) is 16.8. The fourth-order valence-corrected chi connectivity index (χ4v) is 4.99. The first-order chi connectivity index (χ1) is 15.2. The molecule has 2 aliphatic rings. The maximum atomic E-state index is 11.1. The van der Waals surface area contributed by atoms with Gasteiger partial charge in [-0.05, 0) is 35.1 Å². The monoisotopic (exact) mass is 408 g/mol. The van der Waals surface area contributed by atoms with Gasteiger partial charge >= 0.3 is 0 Å². The second-order valence-corrected chi connectivity index (χ2v) is 8.11. The van der Waals surface area contributed by atoms with Crippen LogP contribution in [0, 0.1) is 10.1 Å². The van der Waals surface area contributed by atoms with Gasteiger partial charge in [-0.1, -0.05) is 60.7 Å². The highest BCUT2D eigenvalue weighted by Gasteiger charge is 2.41. The number of nitro groups is 1. The van der Waals surface area contributed by atoms with Crippen LogP contribution in [-0.4, -0.2) is 16.4 Å². The Balaban J connectivity index is 1.56. The standard InChI is InChI=1S/C26H20N2O3/c29-28(30)20-12-9-19(10-13-20)26-27-16-15-18-6-1-3-7-21(18)24(27)23-14-11-17-5-2-4-8-22(17)25(23)31-26/h1-14,24,26H,15-16H2/t24-,26-/m0/s1. The summed E-state index contributed by atoms with van der Waals surface area (Å²) in [6.45, 7) is 0.857. The van der Waals surface area contributed by atoms with Crippen molar-refractivity contribution in [2.75, 3.05) is 6.54 Å². The van der Waals surface area contributed by atoms with E-state index in [1.54, 1.807) is 12.1 Å². The number of nitrogens with zero attached hydrogens (tertiary/aromatic N) is 2. The molecule has 0 spiro atoms. The summed E-state index contributed by atoms with van der Waals surface area (Å²) < 4.78 is 6.67. The molecule has 2 heterocycles. The summed E-state index contributed by atoms with van der Waals surface area (Å²) in [6.07, 6.45) is 0.639. The lowest BCUT2D eigenvalue weighted by molar-refractivity contribution is -0.384. The summed E-state index contributed by atoms with van der Waals surface area (Å²) >= 11 is 0. The Kier molecular flexibility index (Phi) is 4.04. The summed E-state index contributed by atoms with van der Waals surface area (Å²) in [5.74, 6) is 0.902. The minimum absolute atomic E-state index is 0.0819. The van der Waals surface area contributed by atoms with Crippen LogP contribution in [0.25, 0.3) is 10.8 Å². The molecule has 0 saturated heterocycles. The lowest BCUT2D eigenvalue weighted by atomic mass is 9.85. The summed E-state index contributed by atoms with van der Waals surface area (Å²) in [4.78, 5) is 13.1. The molecule has 0 unspecified atom stereocenters. The van der Waals surface area contributed by atoms with Crippen LogP contribution in [0.15, 0.2) is 84.9 Å². The minimum Gasteiger partial charge on any atom is -0.470 e. The van der Waals surface area contributed by atoms with E-state index in [9.17, 15) is 10.1 Å². The van der Waals surface area contributed by atoms with E-state index in [1.807, 2.05) is 24.3 Å². The molecule has 4 aromatic rings. The third kappa shape index (κ3) is 2.81. The SMILES string of the molecule is O=[N+]([O-])c1ccc([C@@H]2Oc3c(ccc4ccccc34)[C@@H]3c4ccccc4CCN32)cc1. The van der Waals surface area contributed by atoms with Gasteiger partial charge in [0.05, 0.1) is 11.0 Å². The van der Waals surface area contributed by atoms with Gasteiger partial charge in [0, 0.05) is 35.2 Å². The molecule has 6 rings (SSSR count). The smallest absolute Gasteiger partial charge is 0.269 e. The fourth-order valence-electron chi connectivity index (χ4n) is 4.99. The highest BCUT2D eigenvalue weighted by Crippen LogP contribution is 2.50. The molecule has 31 heavy (non-hydrogen) atoms. The Bertz CT molecular complexity index is 1320. The Labute approximate surface area is 179 Å². The van der Waals surface area contributed by atoms with E-state index in [-0.39, 0.29) is 22.9 Å². The van der Waals surface area contributed by atoms with Gasteiger partial charge in [-0.3, -0.25) is 15.0 Å². The van der Waals surface area contributed by atoms with E-state index < -0.39 is 0 Å². The molecule has 0 N–H and O–H groups in total. The highest BCUT2D eigenvalue weighted by molar-refractivity contribution is 5.90. The van der Waals surface area contributed by atoms with Crippen molar-refractivity contribution in [3.63, 3.8) is 0 Å². The van der Waals surface area contributed by atoms with Crippen LogP contribution in [0.1, 0.15) is 34.5 Å². The Morgan fingerprint density at radius 3 is 2.48 bits per heavy atom. The molecule has 0 radical (unpaired) electrons. The van der Waals surface area contributed by atoms with Gasteiger partial charge in [0.1, 0.15) is 5.75 Å². The number of nitro benzene ring substituents is 1. The van der Waals surface area contributed by atoms with Crippen molar-refractivity contribution in [2.45, 2.75) is 18.7 Å². The number of ether oxygens (including phenoxy) is 1. The van der Waals surface area contributed by atoms with E-state index in [0.717, 1.165) is 35.1 Å². The number of benzene rings is 4. The summed E-state index contributed by atoms with van der Waals surface area (Å²) in [6, 6.07) is 28.1. The fraction of sp³-hybridized carbons (Fsp3) is 0.154. The van der Waals surface area contributed by atoms with E-state index in [0.29, 0.717) is 0 Å². The van der Waals surface area contributed by atoms with Crippen molar-refractivity contribution in [1.29, 1.82) is 0 Å². The van der Waals surface area contributed by atoms with Gasteiger partial charge < -0.3 is 4.74 Å². The Hall–Kier alpha value is -3.70. The molecular formula is C26H20N2O3. The second-order valence-electron chi connectivity index (χ2n) is 8.11. The molecule has 2 aliphatic heterocycles. The Morgan fingerprint density at radius 2 is 1.65 bits per heavy atom. The third-order valence-corrected chi connectivity index (χ3v) is 6.45. The number of non-ortho nitro benzene ring substituents is 1. The molecule has 0 aliphatic carbocycles. The van der Waals surface area contributed by atoms with Crippen LogP contribution < -0.4 is 4.74 Å². The first-order valence-corrected chi connectivity index (χ1v) is 10.5. The highest BCUT2D eigenvalue weighted by atomic mass is 16.6. The molecule has 4 aromatic carbocycles. The lowest BCUT2D eigenvalue weighted by Crippen LogP contribution is -2.44. The number of hydrogen-bond acceptors (Lipinski definition) is 4. The summed E-state index contributed by atoms with van der Waals surface area (Å²) in [5.41, 5.74) is 4.86. The average Bonchev–Trinajstić information content (AvgIpc) is 2.83. The third-order valence-electron chi connectivity index (χ3n) is 6.45. The Morgan fingerprint density at radius 1 is 0.871 bits per heavy atom. The van der Waals surface area contributed by atoms with Gasteiger partial charge in [-0.15, -0.1) is 0 Å². The van der Waals surface area contributed by atoms with Crippen molar-refractivity contribution in [3.8, 4) is 5.75 Å². The van der Waals surface area contributed by atoms with Crippen molar-refractivity contribution in [2.24, 2.45) is 0 Å². The predicted octanol–water partition coefficient (Wildman–Crippen LogP) is 5.79. The molecule has 5 heteroatoms. The van der Waals surface area contributed by atoms with Crippen molar-refractivity contribution in [1.82, 2.24) is 4.90 Å². The van der Waals surface area contributed by atoms with Gasteiger partial charge in [-0.25, -0.2) is 0 Å². The maximum Gasteiger partial charge on any atom is 0.269 e. The molecule has 5 nitrogen and oxygen atoms in total. The van der Waals surface area contributed by atoms with Crippen LogP contribution in [-0.2, 0) is 6.42 Å². The zero-order chi connectivity index (χ0) is 20.9. The summed E-state index contributed by atoms with van der Waals surface area (Å²) in [7, 11) is 0. The largest absolute Gasteiger partial charge is 0.470 e. The second kappa shape index (κ2) is 6.93. The predicted molar refractivity (Wildman–Crippen MR) is 119 cm³/mol. The van der Waals surface area contributed by atoms with Crippen LogP contribution in [0.2, 0.25) is 0 Å².